The van der Waals surface area contributed by atoms with Crippen molar-refractivity contribution in [3.8, 4) is 28.7 Å². The number of phenolic OH excluding ortho intramolecular Hbond substituents is 1. The van der Waals surface area contributed by atoms with Crippen LogP contribution in [0.2, 0.25) is 0 Å². The minimum Gasteiger partial charge on any atom is -0.504 e. The Labute approximate surface area is 233 Å². The maximum atomic E-state index is 12.7. The van der Waals surface area contributed by atoms with Crippen LogP contribution in [0.4, 0.5) is 4.79 Å². The number of piperazine rings is 1. The van der Waals surface area contributed by atoms with Crippen LogP contribution in [0.3, 0.4) is 0 Å². The Hall–Kier alpha value is -3.47. The lowest BCUT2D eigenvalue weighted by Gasteiger charge is -2.60. The Bertz CT molecular complexity index is 1390. The van der Waals surface area contributed by atoms with E-state index in [4.69, 9.17) is 23.7 Å². The molecular formula is C30H36N2O8. The van der Waals surface area contributed by atoms with Crippen LogP contribution < -0.4 is 18.9 Å². The van der Waals surface area contributed by atoms with Crippen molar-refractivity contribution >= 4 is 6.16 Å². The summed E-state index contributed by atoms with van der Waals surface area (Å²) in [7, 11) is 3.56. The van der Waals surface area contributed by atoms with Gasteiger partial charge in [-0.05, 0) is 51.3 Å². The molecule has 2 unspecified atom stereocenters. The summed E-state index contributed by atoms with van der Waals surface area (Å²) in [5, 5.41) is 23.4. The number of benzene rings is 2. The maximum Gasteiger partial charge on any atom is 0.514 e. The summed E-state index contributed by atoms with van der Waals surface area (Å²) in [5.41, 5.74) is 4.99. The molecule has 10 nitrogen and oxygen atoms in total. The standard InChI is InChI=1S/C30H36N2O8/c1-7-9-37-30(35)40-26-15(4)27-28(39-13-38-27)22-17(26)12-19-23-21-16(10-14(3)25(36-6)24(21)33)11-20(31(23)5)29(34)32(19)18(22)8-2/h7,10,18-20,23,29,33-34H,1,8-9,11-13H2,2-6H3/t18-,19?,20-,23-,29?/m0/s1. The molecule has 1 fully saturated rings. The van der Waals surface area contributed by atoms with Crippen molar-refractivity contribution in [2.24, 2.45) is 0 Å². The van der Waals surface area contributed by atoms with E-state index in [1.165, 1.54) is 6.08 Å². The highest BCUT2D eigenvalue weighted by Crippen LogP contribution is 2.58. The fourth-order valence-electron chi connectivity index (χ4n) is 7.42. The Morgan fingerprint density at radius 3 is 2.62 bits per heavy atom. The van der Waals surface area contributed by atoms with E-state index in [1.807, 2.05) is 20.9 Å². The molecule has 4 heterocycles. The summed E-state index contributed by atoms with van der Waals surface area (Å²) in [5.74, 6) is 2.14. The maximum absolute atomic E-state index is 12.7. The number of nitrogens with zero attached hydrogens (tertiary/aromatic N) is 2. The topological polar surface area (TPSA) is 110 Å². The quantitative estimate of drug-likeness (QED) is 0.320. The first-order valence-electron chi connectivity index (χ1n) is 13.7. The summed E-state index contributed by atoms with van der Waals surface area (Å²) in [6, 6.07) is 1.12. The van der Waals surface area contributed by atoms with E-state index < -0.39 is 12.4 Å². The Morgan fingerprint density at radius 1 is 1.18 bits per heavy atom. The number of ether oxygens (including phenoxy) is 5. The van der Waals surface area contributed by atoms with Gasteiger partial charge in [0.1, 0.15) is 18.6 Å². The summed E-state index contributed by atoms with van der Waals surface area (Å²) in [6.07, 6.45) is 1.56. The minimum absolute atomic E-state index is 0.0242. The largest absolute Gasteiger partial charge is 0.514 e. The Morgan fingerprint density at radius 2 is 1.93 bits per heavy atom. The Balaban J connectivity index is 1.55. The van der Waals surface area contributed by atoms with Gasteiger partial charge in [0.15, 0.2) is 23.0 Å². The van der Waals surface area contributed by atoms with Crippen LogP contribution in [0.1, 0.15) is 58.8 Å². The molecule has 5 atom stereocenters. The van der Waals surface area contributed by atoms with E-state index >= 15 is 0 Å². The van der Waals surface area contributed by atoms with Gasteiger partial charge in [0.2, 0.25) is 6.79 Å². The molecule has 214 valence electrons. The molecule has 4 aliphatic heterocycles. The van der Waals surface area contributed by atoms with E-state index in [9.17, 15) is 15.0 Å². The third-order valence-electron chi connectivity index (χ3n) is 8.99. The lowest BCUT2D eigenvalue weighted by molar-refractivity contribution is -0.172. The lowest BCUT2D eigenvalue weighted by atomic mass is 9.73. The smallest absolute Gasteiger partial charge is 0.504 e. The van der Waals surface area contributed by atoms with Gasteiger partial charge in [-0.2, -0.15) is 0 Å². The first-order valence-corrected chi connectivity index (χ1v) is 13.7. The molecule has 0 spiro atoms. The SMILES string of the molecule is C=CCOC(=O)Oc1c(C)c2c(c3c1CC1[C@H]4c5c(cc(C)c(OC)c5O)C[C@@H](C(O)N1[C@H]3CC)N4C)OCO2. The van der Waals surface area contributed by atoms with Crippen LogP contribution in [0.15, 0.2) is 18.7 Å². The number of methoxy groups -OCH3 is 1. The molecule has 2 bridgehead atoms. The predicted molar refractivity (Wildman–Crippen MR) is 145 cm³/mol. The zero-order chi connectivity index (χ0) is 28.5. The number of fused-ring (bicyclic) bond motifs is 9. The van der Waals surface area contributed by atoms with Crippen LogP contribution in [0.5, 0.6) is 28.7 Å². The highest BCUT2D eigenvalue weighted by atomic mass is 16.7. The molecule has 4 aliphatic rings. The van der Waals surface area contributed by atoms with Gasteiger partial charge in [-0.25, -0.2) is 4.79 Å². The van der Waals surface area contributed by atoms with E-state index in [0.29, 0.717) is 47.8 Å². The number of hydrogen-bond acceptors (Lipinski definition) is 10. The van der Waals surface area contributed by atoms with Gasteiger partial charge in [0.25, 0.3) is 0 Å². The third kappa shape index (κ3) is 3.69. The number of aliphatic hydroxyl groups excluding tert-OH is 1. The van der Waals surface area contributed by atoms with Gasteiger partial charge in [0.05, 0.1) is 19.2 Å². The molecule has 0 saturated carbocycles. The van der Waals surface area contributed by atoms with Gasteiger partial charge in [0, 0.05) is 34.3 Å². The van der Waals surface area contributed by atoms with Crippen molar-refractivity contribution in [1.82, 2.24) is 9.80 Å². The number of likely N-dealkylation sites (N-methyl/N-ethyl adjacent to an activating group) is 1. The molecule has 40 heavy (non-hydrogen) atoms. The molecule has 0 amide bonds. The first-order chi connectivity index (χ1) is 19.2. The van der Waals surface area contributed by atoms with Gasteiger partial charge < -0.3 is 33.9 Å². The average Bonchev–Trinajstić information content (AvgIpc) is 3.42. The highest BCUT2D eigenvalue weighted by molar-refractivity contribution is 5.71. The van der Waals surface area contributed by atoms with Crippen LogP contribution in [-0.2, 0) is 17.6 Å². The van der Waals surface area contributed by atoms with Crippen LogP contribution in [-0.4, -0.2) is 72.0 Å². The number of hydrogen-bond donors (Lipinski definition) is 2. The van der Waals surface area contributed by atoms with Gasteiger partial charge in [-0.1, -0.05) is 25.6 Å². The lowest BCUT2D eigenvalue weighted by Crippen LogP contribution is -2.68. The minimum atomic E-state index is -0.832. The number of aliphatic hydroxyl groups is 1. The number of aryl methyl sites for hydroxylation is 1. The molecule has 2 N–H and O–H groups in total. The van der Waals surface area contributed by atoms with Crippen molar-refractivity contribution < 1.29 is 38.7 Å². The second-order valence-corrected chi connectivity index (χ2v) is 10.9. The molecule has 6 rings (SSSR count). The van der Waals surface area contributed by atoms with Crippen LogP contribution in [0, 0.1) is 13.8 Å². The van der Waals surface area contributed by atoms with Crippen molar-refractivity contribution in [2.75, 3.05) is 27.6 Å². The number of rotatable bonds is 5. The van der Waals surface area contributed by atoms with Crippen LogP contribution in [0.25, 0.3) is 0 Å². The third-order valence-corrected chi connectivity index (χ3v) is 8.99. The second-order valence-electron chi connectivity index (χ2n) is 10.9. The molecule has 10 heteroatoms. The zero-order valence-electron chi connectivity index (χ0n) is 23.5. The van der Waals surface area contributed by atoms with Gasteiger partial charge in [-0.15, -0.1) is 0 Å². The summed E-state index contributed by atoms with van der Waals surface area (Å²) >= 11 is 0. The monoisotopic (exact) mass is 552 g/mol. The van der Waals surface area contributed by atoms with Gasteiger partial charge >= 0.3 is 6.16 Å². The number of carbonyl (C=O) groups excluding carboxylic acids is 1. The molecule has 0 radical (unpaired) electrons. The fourth-order valence-corrected chi connectivity index (χ4v) is 7.42. The fraction of sp³-hybridized carbons (Fsp3) is 0.500. The van der Waals surface area contributed by atoms with Gasteiger partial charge in [-0.3, -0.25) is 9.80 Å². The van der Waals surface area contributed by atoms with Crippen molar-refractivity contribution in [3.63, 3.8) is 0 Å². The summed E-state index contributed by atoms with van der Waals surface area (Å²) < 4.78 is 28.4. The number of aromatic hydroxyl groups is 1. The highest BCUT2D eigenvalue weighted by Gasteiger charge is 2.56. The Kier molecular flexibility index (Phi) is 6.59. The molecule has 1 saturated heterocycles. The average molecular weight is 553 g/mol. The zero-order valence-corrected chi connectivity index (χ0v) is 23.5. The molecule has 0 aromatic heterocycles. The molecule has 2 aromatic rings. The first kappa shape index (κ1) is 26.7. The van der Waals surface area contributed by atoms with Crippen molar-refractivity contribution in [2.45, 2.75) is 70.4 Å². The number of carbonyl (C=O) groups is 1. The van der Waals surface area contributed by atoms with E-state index in [0.717, 1.165) is 27.8 Å². The predicted octanol–water partition coefficient (Wildman–Crippen LogP) is 4.06. The normalized spacial score (nSPS) is 26.4. The molecule has 0 aliphatic carbocycles. The van der Waals surface area contributed by atoms with E-state index in [-0.39, 0.29) is 43.3 Å². The van der Waals surface area contributed by atoms with E-state index in [2.05, 4.69) is 29.4 Å². The molecular weight excluding hydrogens is 516 g/mol. The second kappa shape index (κ2) is 9.87. The van der Waals surface area contributed by atoms with Crippen molar-refractivity contribution in [1.29, 1.82) is 0 Å². The summed E-state index contributed by atoms with van der Waals surface area (Å²) in [6.45, 7) is 9.50. The molecule has 2 aromatic carbocycles. The summed E-state index contributed by atoms with van der Waals surface area (Å²) in [4.78, 5) is 17.0. The van der Waals surface area contributed by atoms with Crippen molar-refractivity contribution in [3.05, 3.63) is 52.1 Å². The van der Waals surface area contributed by atoms with Crippen LogP contribution >= 0.6 is 0 Å². The number of phenols is 1. The van der Waals surface area contributed by atoms with E-state index in [1.54, 1.807) is 7.11 Å².